The first-order chi connectivity index (χ1) is 13.0. The summed E-state index contributed by atoms with van der Waals surface area (Å²) in [5.41, 5.74) is 2.89. The standard InChI is InChI=1S/C20H21ClN2O4/c1-26-10-9-23-17-6-5-15(11-13(17)3-8-19(23)24)22-20(25)16-12-14(21)4-7-18(16)27-2/h4-7,11-12H,3,8-10H2,1-2H3,(H,22,25). The summed E-state index contributed by atoms with van der Waals surface area (Å²) in [4.78, 5) is 26.6. The van der Waals surface area contributed by atoms with E-state index in [9.17, 15) is 9.59 Å². The Morgan fingerprint density at radius 2 is 2.00 bits per heavy atom. The number of fused-ring (bicyclic) bond motifs is 1. The smallest absolute Gasteiger partial charge is 0.259 e. The van der Waals surface area contributed by atoms with Gasteiger partial charge in [-0.1, -0.05) is 11.6 Å². The number of halogens is 1. The van der Waals surface area contributed by atoms with Crippen LogP contribution in [0.25, 0.3) is 0 Å². The Kier molecular flexibility index (Phi) is 5.98. The lowest BCUT2D eigenvalue weighted by atomic mass is 10.0. The van der Waals surface area contributed by atoms with Crippen molar-refractivity contribution in [3.05, 3.63) is 52.5 Å². The molecule has 0 radical (unpaired) electrons. The van der Waals surface area contributed by atoms with Crippen LogP contribution in [0.4, 0.5) is 11.4 Å². The number of anilines is 2. The number of aryl methyl sites for hydroxylation is 1. The Hall–Kier alpha value is -2.57. The molecule has 2 amide bonds. The van der Waals surface area contributed by atoms with Crippen LogP contribution in [0.3, 0.4) is 0 Å². The lowest BCUT2D eigenvalue weighted by Gasteiger charge is -2.29. The van der Waals surface area contributed by atoms with E-state index < -0.39 is 0 Å². The highest BCUT2D eigenvalue weighted by Gasteiger charge is 2.24. The van der Waals surface area contributed by atoms with Crippen LogP contribution in [0.15, 0.2) is 36.4 Å². The zero-order valence-electron chi connectivity index (χ0n) is 15.3. The lowest BCUT2D eigenvalue weighted by molar-refractivity contribution is -0.119. The van der Waals surface area contributed by atoms with Crippen LogP contribution < -0.4 is 15.0 Å². The second-order valence-corrected chi connectivity index (χ2v) is 6.62. The van der Waals surface area contributed by atoms with Crippen LogP contribution in [-0.4, -0.2) is 39.2 Å². The van der Waals surface area contributed by atoms with Gasteiger partial charge in [-0.25, -0.2) is 0 Å². The minimum Gasteiger partial charge on any atom is -0.496 e. The monoisotopic (exact) mass is 388 g/mol. The molecule has 1 aliphatic rings. The van der Waals surface area contributed by atoms with E-state index >= 15 is 0 Å². The fourth-order valence-corrected chi connectivity index (χ4v) is 3.29. The predicted octanol–water partition coefficient (Wildman–Crippen LogP) is 3.53. The number of nitrogens with zero attached hydrogens (tertiary/aromatic N) is 1. The molecular formula is C20H21ClN2O4. The molecule has 3 rings (SSSR count). The van der Waals surface area contributed by atoms with E-state index in [0.29, 0.717) is 48.0 Å². The van der Waals surface area contributed by atoms with Crippen LogP contribution in [0.2, 0.25) is 5.02 Å². The van der Waals surface area contributed by atoms with Gasteiger partial charge in [-0.2, -0.15) is 0 Å². The van der Waals surface area contributed by atoms with E-state index in [0.717, 1.165) is 11.3 Å². The molecule has 0 aromatic heterocycles. The molecular weight excluding hydrogens is 368 g/mol. The summed E-state index contributed by atoms with van der Waals surface area (Å²) in [6.07, 6.45) is 1.08. The molecule has 0 saturated carbocycles. The van der Waals surface area contributed by atoms with Gasteiger partial charge in [0, 0.05) is 36.5 Å². The molecule has 0 atom stereocenters. The van der Waals surface area contributed by atoms with Crippen LogP contribution in [-0.2, 0) is 16.0 Å². The van der Waals surface area contributed by atoms with E-state index in [2.05, 4.69) is 5.32 Å². The maximum Gasteiger partial charge on any atom is 0.259 e. The van der Waals surface area contributed by atoms with Crippen molar-refractivity contribution >= 4 is 34.8 Å². The van der Waals surface area contributed by atoms with Gasteiger partial charge in [0.2, 0.25) is 5.91 Å². The van der Waals surface area contributed by atoms with Crippen molar-refractivity contribution in [2.45, 2.75) is 12.8 Å². The molecule has 0 bridgehead atoms. The Bertz CT molecular complexity index is 869. The van der Waals surface area contributed by atoms with Crippen LogP contribution in [0, 0.1) is 0 Å². The van der Waals surface area contributed by atoms with Gasteiger partial charge in [-0.3, -0.25) is 9.59 Å². The third kappa shape index (κ3) is 4.23. The third-order valence-electron chi connectivity index (χ3n) is 4.46. The molecule has 0 saturated heterocycles. The Morgan fingerprint density at radius 3 is 2.74 bits per heavy atom. The Balaban J connectivity index is 1.82. The highest BCUT2D eigenvalue weighted by atomic mass is 35.5. The van der Waals surface area contributed by atoms with Crippen LogP contribution in [0.1, 0.15) is 22.3 Å². The van der Waals surface area contributed by atoms with Crippen molar-refractivity contribution in [1.29, 1.82) is 0 Å². The van der Waals surface area contributed by atoms with Gasteiger partial charge in [0.05, 0.1) is 19.3 Å². The number of amides is 2. The van der Waals surface area contributed by atoms with Crippen molar-refractivity contribution in [2.75, 3.05) is 37.6 Å². The molecule has 0 fully saturated rings. The number of ether oxygens (including phenoxy) is 2. The number of benzene rings is 2. The minimum atomic E-state index is -0.308. The van der Waals surface area contributed by atoms with Crippen molar-refractivity contribution in [3.63, 3.8) is 0 Å². The lowest BCUT2D eigenvalue weighted by Crippen LogP contribution is -2.37. The number of rotatable bonds is 6. The Morgan fingerprint density at radius 1 is 1.19 bits per heavy atom. The molecule has 2 aromatic rings. The summed E-state index contributed by atoms with van der Waals surface area (Å²) in [6.45, 7) is 0.978. The normalized spacial score (nSPS) is 13.3. The fourth-order valence-electron chi connectivity index (χ4n) is 3.12. The number of methoxy groups -OCH3 is 2. The van der Waals surface area contributed by atoms with Crippen LogP contribution >= 0.6 is 11.6 Å². The molecule has 1 heterocycles. The summed E-state index contributed by atoms with van der Waals surface area (Å²) < 4.78 is 10.3. The van der Waals surface area contributed by atoms with Crippen molar-refractivity contribution in [1.82, 2.24) is 0 Å². The first kappa shape index (κ1) is 19.2. The highest BCUT2D eigenvalue weighted by molar-refractivity contribution is 6.31. The number of hydrogen-bond acceptors (Lipinski definition) is 4. The SMILES string of the molecule is COCCN1C(=O)CCc2cc(NC(=O)c3cc(Cl)ccc3OC)ccc21. The number of carbonyl (C=O) groups excluding carboxylic acids is 2. The third-order valence-corrected chi connectivity index (χ3v) is 4.70. The first-order valence-corrected chi connectivity index (χ1v) is 8.98. The topological polar surface area (TPSA) is 67.9 Å². The van der Waals surface area contributed by atoms with E-state index in [-0.39, 0.29) is 11.8 Å². The van der Waals surface area contributed by atoms with Crippen LogP contribution in [0.5, 0.6) is 5.75 Å². The van der Waals surface area contributed by atoms with E-state index in [1.165, 1.54) is 7.11 Å². The first-order valence-electron chi connectivity index (χ1n) is 8.60. The van der Waals surface area contributed by atoms with E-state index in [1.54, 1.807) is 36.3 Å². The second kappa shape index (κ2) is 8.41. The molecule has 1 aliphatic heterocycles. The molecule has 0 aliphatic carbocycles. The van der Waals surface area contributed by atoms with Gasteiger partial charge in [0.1, 0.15) is 5.75 Å². The van der Waals surface area contributed by atoms with Crippen molar-refractivity contribution in [2.24, 2.45) is 0 Å². The highest BCUT2D eigenvalue weighted by Crippen LogP contribution is 2.31. The van der Waals surface area contributed by atoms with Gasteiger partial charge in [0.15, 0.2) is 0 Å². The summed E-state index contributed by atoms with van der Waals surface area (Å²) in [5, 5.41) is 3.33. The van der Waals surface area contributed by atoms with Gasteiger partial charge in [0.25, 0.3) is 5.91 Å². The zero-order chi connectivity index (χ0) is 19.4. The maximum atomic E-state index is 12.6. The quantitative estimate of drug-likeness (QED) is 0.822. The van der Waals surface area contributed by atoms with Gasteiger partial charge < -0.3 is 19.7 Å². The maximum absolute atomic E-state index is 12.6. The van der Waals surface area contributed by atoms with E-state index in [4.69, 9.17) is 21.1 Å². The molecule has 1 N–H and O–H groups in total. The number of nitrogens with one attached hydrogen (secondary N) is 1. The molecule has 0 unspecified atom stereocenters. The molecule has 0 spiro atoms. The summed E-state index contributed by atoms with van der Waals surface area (Å²) >= 11 is 6.00. The summed E-state index contributed by atoms with van der Waals surface area (Å²) in [7, 11) is 3.11. The molecule has 7 heteroatoms. The van der Waals surface area contributed by atoms with Gasteiger partial charge in [-0.05, 0) is 48.4 Å². The second-order valence-electron chi connectivity index (χ2n) is 6.18. The van der Waals surface area contributed by atoms with Gasteiger partial charge >= 0.3 is 0 Å². The average molecular weight is 389 g/mol. The average Bonchev–Trinajstić information content (AvgIpc) is 2.67. The molecule has 2 aromatic carbocycles. The van der Waals surface area contributed by atoms with Gasteiger partial charge in [-0.15, -0.1) is 0 Å². The van der Waals surface area contributed by atoms with Crippen molar-refractivity contribution in [3.8, 4) is 5.75 Å². The van der Waals surface area contributed by atoms with E-state index in [1.807, 2.05) is 12.1 Å². The summed E-state index contributed by atoms with van der Waals surface area (Å²) in [5.74, 6) is 0.226. The van der Waals surface area contributed by atoms with Crippen molar-refractivity contribution < 1.29 is 19.1 Å². The number of hydrogen-bond donors (Lipinski definition) is 1. The molecule has 27 heavy (non-hydrogen) atoms. The fraction of sp³-hybridized carbons (Fsp3) is 0.300. The minimum absolute atomic E-state index is 0.0833. The molecule has 6 nitrogen and oxygen atoms in total. The largest absolute Gasteiger partial charge is 0.496 e. The predicted molar refractivity (Wildman–Crippen MR) is 105 cm³/mol. The molecule has 142 valence electrons. The number of carbonyl (C=O) groups is 2. The zero-order valence-corrected chi connectivity index (χ0v) is 16.0. The summed E-state index contributed by atoms with van der Waals surface area (Å²) in [6, 6.07) is 10.4. The Labute approximate surface area is 163 Å².